The van der Waals surface area contributed by atoms with Gasteiger partial charge in [0.05, 0.1) is 18.3 Å². The third-order valence-corrected chi connectivity index (χ3v) is 3.92. The third-order valence-electron chi connectivity index (χ3n) is 3.92. The summed E-state index contributed by atoms with van der Waals surface area (Å²) < 4.78 is 1.90. The molecule has 0 aliphatic rings. The quantitative estimate of drug-likeness (QED) is 0.785. The second kappa shape index (κ2) is 6.65. The molecule has 0 radical (unpaired) electrons. The molecule has 0 aliphatic heterocycles. The lowest BCUT2D eigenvalue weighted by Crippen LogP contribution is -2.24. The Bertz CT molecular complexity index is 836. The van der Waals surface area contributed by atoms with Crippen LogP contribution in [0.1, 0.15) is 23.1 Å². The average Bonchev–Trinajstić information content (AvgIpc) is 2.93. The smallest absolute Gasteiger partial charge is 0.222 e. The number of amides is 1. The largest absolute Gasteiger partial charge is 0.352 e. The maximum Gasteiger partial charge on any atom is 0.222 e. The summed E-state index contributed by atoms with van der Waals surface area (Å²) in [5.41, 5.74) is 4.60. The molecule has 1 amide bonds. The second-order valence-electron chi connectivity index (χ2n) is 5.95. The lowest BCUT2D eigenvalue weighted by molar-refractivity contribution is -0.121. The predicted molar refractivity (Wildman–Crippen MR) is 92.1 cm³/mol. The molecule has 3 rings (SSSR count). The van der Waals surface area contributed by atoms with Gasteiger partial charge in [-0.05, 0) is 31.0 Å². The summed E-state index contributed by atoms with van der Waals surface area (Å²) in [6.07, 6.45) is 2.27. The van der Waals surface area contributed by atoms with Gasteiger partial charge in [0.25, 0.3) is 0 Å². The van der Waals surface area contributed by atoms with Crippen molar-refractivity contribution in [2.45, 2.75) is 33.4 Å². The van der Waals surface area contributed by atoms with Crippen LogP contribution < -0.4 is 5.32 Å². The first kappa shape index (κ1) is 15.3. The fourth-order valence-corrected chi connectivity index (χ4v) is 2.68. The standard InChI is InChI=1S/C19H21N3O/c1-14-4-3-5-16(10-14)12-20-19(23)8-9-22-18-11-15(2)6-7-17(18)13-21-22/h3-7,10-11,13H,8-9,12H2,1-2H3,(H,20,23). The number of aryl methyl sites for hydroxylation is 3. The molecular weight excluding hydrogens is 286 g/mol. The van der Waals surface area contributed by atoms with Crippen LogP contribution in [-0.4, -0.2) is 15.7 Å². The molecule has 0 spiro atoms. The maximum absolute atomic E-state index is 12.0. The Morgan fingerprint density at radius 1 is 1.13 bits per heavy atom. The molecule has 3 aromatic rings. The second-order valence-corrected chi connectivity index (χ2v) is 5.95. The molecule has 1 heterocycles. The fourth-order valence-electron chi connectivity index (χ4n) is 2.68. The van der Waals surface area contributed by atoms with Crippen LogP contribution in [0.5, 0.6) is 0 Å². The lowest BCUT2D eigenvalue weighted by Gasteiger charge is -2.07. The van der Waals surface area contributed by atoms with E-state index in [0.29, 0.717) is 19.5 Å². The van der Waals surface area contributed by atoms with E-state index in [1.54, 1.807) is 0 Å². The highest BCUT2D eigenvalue weighted by atomic mass is 16.1. The van der Waals surface area contributed by atoms with Gasteiger partial charge in [0.15, 0.2) is 0 Å². The van der Waals surface area contributed by atoms with Gasteiger partial charge >= 0.3 is 0 Å². The van der Waals surface area contributed by atoms with Crippen LogP contribution in [-0.2, 0) is 17.9 Å². The molecule has 23 heavy (non-hydrogen) atoms. The third kappa shape index (κ3) is 3.77. The van der Waals surface area contributed by atoms with E-state index >= 15 is 0 Å². The maximum atomic E-state index is 12.0. The van der Waals surface area contributed by atoms with E-state index in [2.05, 4.69) is 54.6 Å². The van der Waals surface area contributed by atoms with Crippen molar-refractivity contribution < 1.29 is 4.79 Å². The zero-order valence-corrected chi connectivity index (χ0v) is 13.5. The predicted octanol–water partition coefficient (Wildman–Crippen LogP) is 3.36. The molecule has 0 saturated heterocycles. The monoisotopic (exact) mass is 307 g/mol. The number of hydrogen-bond acceptors (Lipinski definition) is 2. The van der Waals surface area contributed by atoms with Crippen molar-refractivity contribution in [1.29, 1.82) is 0 Å². The molecule has 4 nitrogen and oxygen atoms in total. The molecule has 0 saturated carbocycles. The fraction of sp³-hybridized carbons (Fsp3) is 0.263. The zero-order valence-electron chi connectivity index (χ0n) is 13.5. The first-order chi connectivity index (χ1) is 11.1. The van der Waals surface area contributed by atoms with Gasteiger partial charge in [0.2, 0.25) is 5.91 Å². The molecule has 1 aromatic heterocycles. The Hall–Kier alpha value is -2.62. The molecule has 4 heteroatoms. The Kier molecular flexibility index (Phi) is 4.42. The average molecular weight is 307 g/mol. The topological polar surface area (TPSA) is 46.9 Å². The highest BCUT2D eigenvalue weighted by molar-refractivity contribution is 5.80. The van der Waals surface area contributed by atoms with Gasteiger partial charge < -0.3 is 5.32 Å². The first-order valence-electron chi connectivity index (χ1n) is 7.86. The van der Waals surface area contributed by atoms with Gasteiger partial charge in [-0.1, -0.05) is 42.0 Å². The Labute approximate surface area is 136 Å². The van der Waals surface area contributed by atoms with Crippen molar-refractivity contribution in [3.63, 3.8) is 0 Å². The normalized spacial score (nSPS) is 10.9. The number of fused-ring (bicyclic) bond motifs is 1. The van der Waals surface area contributed by atoms with Crippen molar-refractivity contribution in [3.8, 4) is 0 Å². The van der Waals surface area contributed by atoms with Gasteiger partial charge in [-0.15, -0.1) is 0 Å². The molecule has 0 unspecified atom stereocenters. The number of nitrogens with one attached hydrogen (secondary N) is 1. The number of benzene rings is 2. The van der Waals surface area contributed by atoms with Crippen molar-refractivity contribution >= 4 is 16.8 Å². The van der Waals surface area contributed by atoms with E-state index in [0.717, 1.165) is 16.5 Å². The summed E-state index contributed by atoms with van der Waals surface area (Å²) in [6, 6.07) is 14.4. The number of nitrogens with zero attached hydrogens (tertiary/aromatic N) is 2. The van der Waals surface area contributed by atoms with E-state index in [1.165, 1.54) is 11.1 Å². The molecule has 0 atom stereocenters. The Balaban J connectivity index is 1.57. The van der Waals surface area contributed by atoms with Crippen LogP contribution in [0.3, 0.4) is 0 Å². The minimum atomic E-state index is 0.0443. The Morgan fingerprint density at radius 2 is 1.96 bits per heavy atom. The highest BCUT2D eigenvalue weighted by Gasteiger charge is 2.06. The zero-order chi connectivity index (χ0) is 16.2. The van der Waals surface area contributed by atoms with E-state index in [-0.39, 0.29) is 5.91 Å². The van der Waals surface area contributed by atoms with Crippen molar-refractivity contribution in [2.24, 2.45) is 0 Å². The van der Waals surface area contributed by atoms with Crippen LogP contribution in [0.15, 0.2) is 48.7 Å². The van der Waals surface area contributed by atoms with E-state index < -0.39 is 0 Å². The van der Waals surface area contributed by atoms with Gasteiger partial charge in [-0.25, -0.2) is 0 Å². The van der Waals surface area contributed by atoms with E-state index in [9.17, 15) is 4.79 Å². The summed E-state index contributed by atoms with van der Waals surface area (Å²) >= 11 is 0. The molecule has 0 bridgehead atoms. The highest BCUT2D eigenvalue weighted by Crippen LogP contribution is 2.15. The van der Waals surface area contributed by atoms with Gasteiger partial charge in [0, 0.05) is 18.4 Å². The van der Waals surface area contributed by atoms with Crippen LogP contribution in [0.2, 0.25) is 0 Å². The summed E-state index contributed by atoms with van der Waals surface area (Å²) in [4.78, 5) is 12.0. The summed E-state index contributed by atoms with van der Waals surface area (Å²) in [5, 5.41) is 8.45. The van der Waals surface area contributed by atoms with Crippen molar-refractivity contribution in [2.75, 3.05) is 0 Å². The molecule has 0 aliphatic carbocycles. The molecule has 0 fully saturated rings. The van der Waals surface area contributed by atoms with Crippen molar-refractivity contribution in [3.05, 3.63) is 65.4 Å². The number of carbonyl (C=O) groups excluding carboxylic acids is 1. The lowest BCUT2D eigenvalue weighted by atomic mass is 10.1. The molecular formula is C19H21N3O. The summed E-state index contributed by atoms with van der Waals surface area (Å²) in [6.45, 7) is 5.27. The van der Waals surface area contributed by atoms with Crippen LogP contribution in [0.4, 0.5) is 0 Å². The van der Waals surface area contributed by atoms with Gasteiger partial charge in [-0.3, -0.25) is 9.48 Å². The first-order valence-corrected chi connectivity index (χ1v) is 7.86. The number of aromatic nitrogens is 2. The minimum Gasteiger partial charge on any atom is -0.352 e. The molecule has 118 valence electrons. The van der Waals surface area contributed by atoms with Crippen LogP contribution in [0, 0.1) is 13.8 Å². The van der Waals surface area contributed by atoms with E-state index in [4.69, 9.17) is 0 Å². The van der Waals surface area contributed by atoms with Gasteiger partial charge in [0.1, 0.15) is 0 Å². The van der Waals surface area contributed by atoms with Crippen LogP contribution >= 0.6 is 0 Å². The Morgan fingerprint density at radius 3 is 2.78 bits per heavy atom. The SMILES string of the molecule is Cc1cccc(CNC(=O)CCn2ncc3ccc(C)cc32)c1. The number of hydrogen-bond donors (Lipinski definition) is 1. The number of carbonyl (C=O) groups is 1. The molecule has 2 aromatic carbocycles. The van der Waals surface area contributed by atoms with Crippen molar-refractivity contribution in [1.82, 2.24) is 15.1 Å². The molecule has 1 N–H and O–H groups in total. The minimum absolute atomic E-state index is 0.0443. The summed E-state index contributed by atoms with van der Waals surface area (Å²) in [5.74, 6) is 0.0443. The van der Waals surface area contributed by atoms with E-state index in [1.807, 2.05) is 23.0 Å². The van der Waals surface area contributed by atoms with Gasteiger partial charge in [-0.2, -0.15) is 5.10 Å². The summed E-state index contributed by atoms with van der Waals surface area (Å²) in [7, 11) is 0. The number of rotatable bonds is 5. The van der Waals surface area contributed by atoms with Crippen LogP contribution in [0.25, 0.3) is 10.9 Å².